The summed E-state index contributed by atoms with van der Waals surface area (Å²) in [4.78, 5) is 13.9. The quantitative estimate of drug-likeness (QED) is 0.852. The molecule has 102 valence electrons. The molecule has 3 nitrogen and oxygen atoms in total. The van der Waals surface area contributed by atoms with Crippen LogP contribution in [0.15, 0.2) is 48.5 Å². The lowest BCUT2D eigenvalue weighted by Crippen LogP contribution is -2.24. The number of amides is 1. The van der Waals surface area contributed by atoms with Gasteiger partial charge in [0, 0.05) is 18.5 Å². The van der Waals surface area contributed by atoms with Crippen LogP contribution in [0.2, 0.25) is 0 Å². The van der Waals surface area contributed by atoms with Crippen molar-refractivity contribution in [2.24, 2.45) is 0 Å². The molecule has 0 radical (unpaired) electrons. The van der Waals surface area contributed by atoms with Crippen molar-refractivity contribution in [3.63, 3.8) is 0 Å². The first-order valence-corrected chi connectivity index (χ1v) is 6.83. The molecule has 1 saturated heterocycles. The predicted octanol–water partition coefficient (Wildman–Crippen LogP) is 3.49. The van der Waals surface area contributed by atoms with Gasteiger partial charge in [0.15, 0.2) is 0 Å². The molecule has 1 fully saturated rings. The molecule has 1 amide bonds. The number of hydrogen-bond donors (Lipinski definition) is 0. The van der Waals surface area contributed by atoms with Crippen LogP contribution in [0.1, 0.15) is 12.8 Å². The van der Waals surface area contributed by atoms with Crippen molar-refractivity contribution < 1.29 is 9.53 Å². The fourth-order valence-electron chi connectivity index (χ4n) is 2.63. The first-order chi connectivity index (χ1) is 9.79. The molecular formula is C17H17NO2. The third kappa shape index (κ3) is 2.27. The van der Waals surface area contributed by atoms with E-state index >= 15 is 0 Å². The maximum absolute atomic E-state index is 12.0. The maximum atomic E-state index is 12.0. The van der Waals surface area contributed by atoms with E-state index in [1.54, 1.807) is 7.11 Å². The smallest absolute Gasteiger partial charge is 0.227 e. The van der Waals surface area contributed by atoms with Gasteiger partial charge in [0.1, 0.15) is 5.75 Å². The molecule has 1 aliphatic rings. The van der Waals surface area contributed by atoms with E-state index in [1.807, 2.05) is 47.4 Å². The Hall–Kier alpha value is -2.29. The van der Waals surface area contributed by atoms with Crippen LogP contribution in [0.5, 0.6) is 5.75 Å². The summed E-state index contributed by atoms with van der Waals surface area (Å²) in [5.74, 6) is 1.05. The second-order valence-corrected chi connectivity index (χ2v) is 4.89. The van der Waals surface area contributed by atoms with Crippen molar-refractivity contribution in [2.75, 3.05) is 18.6 Å². The number of benzene rings is 2. The molecular weight excluding hydrogens is 250 g/mol. The summed E-state index contributed by atoms with van der Waals surface area (Å²) in [6, 6.07) is 16.0. The van der Waals surface area contributed by atoms with Gasteiger partial charge in [0.05, 0.1) is 12.8 Å². The van der Waals surface area contributed by atoms with Crippen LogP contribution < -0.4 is 9.64 Å². The van der Waals surface area contributed by atoms with E-state index in [-0.39, 0.29) is 5.91 Å². The van der Waals surface area contributed by atoms with E-state index in [2.05, 4.69) is 6.07 Å². The second kappa shape index (κ2) is 5.37. The lowest BCUT2D eigenvalue weighted by molar-refractivity contribution is -0.117. The number of ether oxygens (including phenoxy) is 1. The third-order valence-electron chi connectivity index (χ3n) is 3.67. The molecule has 0 N–H and O–H groups in total. The Kier molecular flexibility index (Phi) is 3.42. The van der Waals surface area contributed by atoms with Crippen molar-refractivity contribution in [3.8, 4) is 16.9 Å². The Morgan fingerprint density at radius 3 is 2.45 bits per heavy atom. The number of nitrogens with zero attached hydrogens (tertiary/aromatic N) is 1. The number of para-hydroxylation sites is 1. The average molecular weight is 267 g/mol. The van der Waals surface area contributed by atoms with Crippen LogP contribution in [-0.4, -0.2) is 19.6 Å². The normalized spacial score (nSPS) is 14.7. The highest BCUT2D eigenvalue weighted by Gasteiger charge is 2.23. The molecule has 0 bridgehead atoms. The molecule has 2 aromatic carbocycles. The molecule has 1 heterocycles. The Labute approximate surface area is 118 Å². The summed E-state index contributed by atoms with van der Waals surface area (Å²) in [6.07, 6.45) is 1.59. The highest BCUT2D eigenvalue weighted by Crippen LogP contribution is 2.33. The van der Waals surface area contributed by atoms with Crippen molar-refractivity contribution in [1.82, 2.24) is 0 Å². The fraction of sp³-hybridized carbons (Fsp3) is 0.235. The zero-order valence-electron chi connectivity index (χ0n) is 11.5. The Morgan fingerprint density at radius 1 is 1.05 bits per heavy atom. The number of carbonyl (C=O) groups is 1. The van der Waals surface area contributed by atoms with Crippen molar-refractivity contribution in [3.05, 3.63) is 48.5 Å². The topological polar surface area (TPSA) is 29.5 Å². The van der Waals surface area contributed by atoms with Gasteiger partial charge in [-0.3, -0.25) is 4.79 Å². The number of carbonyl (C=O) groups excluding carboxylic acids is 1. The Bertz CT molecular complexity index is 619. The molecule has 0 aromatic heterocycles. The highest BCUT2D eigenvalue weighted by molar-refractivity contribution is 5.99. The first kappa shape index (κ1) is 12.7. The summed E-state index contributed by atoms with van der Waals surface area (Å²) >= 11 is 0. The summed E-state index contributed by atoms with van der Waals surface area (Å²) < 4.78 is 5.19. The SMILES string of the molecule is COc1ccc(-c2ccccc2N2CCCC2=O)cc1. The number of hydrogen-bond acceptors (Lipinski definition) is 2. The zero-order valence-corrected chi connectivity index (χ0v) is 11.5. The van der Waals surface area contributed by atoms with Gasteiger partial charge in [-0.05, 0) is 30.2 Å². The summed E-state index contributed by atoms with van der Waals surface area (Å²) in [5.41, 5.74) is 3.19. The second-order valence-electron chi connectivity index (χ2n) is 4.89. The van der Waals surface area contributed by atoms with Gasteiger partial charge in [-0.1, -0.05) is 30.3 Å². The largest absolute Gasteiger partial charge is 0.497 e. The first-order valence-electron chi connectivity index (χ1n) is 6.83. The molecule has 3 heteroatoms. The van der Waals surface area contributed by atoms with Gasteiger partial charge in [-0.15, -0.1) is 0 Å². The lowest BCUT2D eigenvalue weighted by atomic mass is 10.0. The van der Waals surface area contributed by atoms with Gasteiger partial charge < -0.3 is 9.64 Å². The zero-order chi connectivity index (χ0) is 13.9. The molecule has 20 heavy (non-hydrogen) atoms. The van der Waals surface area contributed by atoms with E-state index < -0.39 is 0 Å². The summed E-state index contributed by atoms with van der Waals surface area (Å²) in [5, 5.41) is 0. The van der Waals surface area contributed by atoms with E-state index in [0.29, 0.717) is 6.42 Å². The Morgan fingerprint density at radius 2 is 1.80 bits per heavy atom. The van der Waals surface area contributed by atoms with Gasteiger partial charge in [0.2, 0.25) is 5.91 Å². The summed E-state index contributed by atoms with van der Waals surface area (Å²) in [6.45, 7) is 0.812. The van der Waals surface area contributed by atoms with Crippen LogP contribution >= 0.6 is 0 Å². The van der Waals surface area contributed by atoms with Crippen molar-refractivity contribution in [1.29, 1.82) is 0 Å². The van der Waals surface area contributed by atoms with E-state index in [1.165, 1.54) is 0 Å². The molecule has 0 spiro atoms. The van der Waals surface area contributed by atoms with Crippen LogP contribution in [0.4, 0.5) is 5.69 Å². The molecule has 3 rings (SSSR count). The maximum Gasteiger partial charge on any atom is 0.227 e. The third-order valence-corrected chi connectivity index (χ3v) is 3.67. The minimum Gasteiger partial charge on any atom is -0.497 e. The monoisotopic (exact) mass is 267 g/mol. The average Bonchev–Trinajstić information content (AvgIpc) is 2.93. The van der Waals surface area contributed by atoms with Crippen LogP contribution in [0, 0.1) is 0 Å². The number of anilines is 1. The van der Waals surface area contributed by atoms with Gasteiger partial charge in [-0.2, -0.15) is 0 Å². The van der Waals surface area contributed by atoms with Crippen LogP contribution in [0.3, 0.4) is 0 Å². The molecule has 0 atom stereocenters. The van der Waals surface area contributed by atoms with Gasteiger partial charge in [-0.25, -0.2) is 0 Å². The lowest BCUT2D eigenvalue weighted by Gasteiger charge is -2.20. The van der Waals surface area contributed by atoms with E-state index in [9.17, 15) is 4.79 Å². The number of rotatable bonds is 3. The van der Waals surface area contributed by atoms with Crippen molar-refractivity contribution in [2.45, 2.75) is 12.8 Å². The van der Waals surface area contributed by atoms with Crippen molar-refractivity contribution >= 4 is 11.6 Å². The number of methoxy groups -OCH3 is 1. The predicted molar refractivity (Wildman–Crippen MR) is 80.0 cm³/mol. The molecule has 1 aliphatic heterocycles. The summed E-state index contributed by atoms with van der Waals surface area (Å²) in [7, 11) is 1.66. The molecule has 0 saturated carbocycles. The van der Waals surface area contributed by atoms with E-state index in [0.717, 1.165) is 35.5 Å². The highest BCUT2D eigenvalue weighted by atomic mass is 16.5. The van der Waals surface area contributed by atoms with Crippen LogP contribution in [0.25, 0.3) is 11.1 Å². The minimum atomic E-state index is 0.214. The molecule has 2 aromatic rings. The Balaban J connectivity index is 2.02. The van der Waals surface area contributed by atoms with E-state index in [4.69, 9.17) is 4.74 Å². The molecule has 0 unspecified atom stereocenters. The standard InChI is InChI=1S/C17H17NO2/c1-20-14-10-8-13(9-11-14)15-5-2-3-6-16(15)18-12-4-7-17(18)19/h2-3,5-6,8-11H,4,7,12H2,1H3. The fourth-order valence-corrected chi connectivity index (χ4v) is 2.63. The van der Waals surface area contributed by atoms with Gasteiger partial charge in [0.25, 0.3) is 0 Å². The van der Waals surface area contributed by atoms with Crippen LogP contribution in [-0.2, 0) is 4.79 Å². The molecule has 0 aliphatic carbocycles. The minimum absolute atomic E-state index is 0.214. The van der Waals surface area contributed by atoms with Gasteiger partial charge >= 0.3 is 0 Å².